The molecule has 4 rings (SSSR count). The summed E-state index contributed by atoms with van der Waals surface area (Å²) in [6, 6.07) is -2.00. The topological polar surface area (TPSA) is 74.4 Å². The smallest absolute Gasteiger partial charge is 0.352 e. The standard InChI is InChI=1S/C20H33F3N4O2/c1-11-17(19(28)26-12-7-9-25-16(10-12)20(21,22)23)27-29-18(11)14-4-2-6-15-13(14)5-3-8-24-15/h11-18,24-25,27H,2-10H2,1H3,(H,26,28). The van der Waals surface area contributed by atoms with E-state index >= 15 is 0 Å². The number of halogens is 3. The average molecular weight is 419 g/mol. The second-order valence-electron chi connectivity index (χ2n) is 9.28. The molecule has 8 atom stereocenters. The number of fused-ring (bicyclic) bond motifs is 1. The highest BCUT2D eigenvalue weighted by atomic mass is 19.4. The highest BCUT2D eigenvalue weighted by Crippen LogP contribution is 2.42. The number of alkyl halides is 3. The zero-order chi connectivity index (χ0) is 20.6. The van der Waals surface area contributed by atoms with Crippen LogP contribution in [0.25, 0.3) is 0 Å². The fourth-order valence-electron chi connectivity index (χ4n) is 5.92. The number of carbonyl (C=O) groups excluding carboxylic acids is 1. The Morgan fingerprint density at radius 3 is 2.62 bits per heavy atom. The molecule has 0 spiro atoms. The third-order valence-electron chi connectivity index (χ3n) is 7.46. The highest BCUT2D eigenvalue weighted by Gasteiger charge is 2.48. The van der Waals surface area contributed by atoms with E-state index in [9.17, 15) is 18.0 Å². The molecule has 166 valence electrons. The maximum atomic E-state index is 13.0. The Bertz CT molecular complexity index is 589. The fourth-order valence-corrected chi connectivity index (χ4v) is 5.92. The fraction of sp³-hybridized carbons (Fsp3) is 0.950. The Kier molecular flexibility index (Phi) is 6.39. The largest absolute Gasteiger partial charge is 0.403 e. The second-order valence-corrected chi connectivity index (χ2v) is 9.28. The molecule has 8 unspecified atom stereocenters. The first-order chi connectivity index (χ1) is 13.8. The Balaban J connectivity index is 1.34. The molecule has 29 heavy (non-hydrogen) atoms. The summed E-state index contributed by atoms with van der Waals surface area (Å²) >= 11 is 0. The summed E-state index contributed by atoms with van der Waals surface area (Å²) in [5.74, 6) is 0.726. The molecule has 3 heterocycles. The molecule has 6 nitrogen and oxygen atoms in total. The Labute approximate surface area is 170 Å². The van der Waals surface area contributed by atoms with Crippen molar-refractivity contribution in [3.8, 4) is 0 Å². The van der Waals surface area contributed by atoms with Gasteiger partial charge in [-0.15, -0.1) is 0 Å². The van der Waals surface area contributed by atoms with Crippen LogP contribution in [0.2, 0.25) is 0 Å². The minimum absolute atomic E-state index is 0.0131. The first-order valence-electron chi connectivity index (χ1n) is 11.1. The van der Waals surface area contributed by atoms with Crippen LogP contribution in [0.4, 0.5) is 13.2 Å². The maximum Gasteiger partial charge on any atom is 0.403 e. The summed E-state index contributed by atoms with van der Waals surface area (Å²) in [6.45, 7) is 3.35. The lowest BCUT2D eigenvalue weighted by atomic mass is 9.67. The number of hydrogen-bond acceptors (Lipinski definition) is 5. The van der Waals surface area contributed by atoms with Gasteiger partial charge < -0.3 is 16.0 Å². The normalized spacial score (nSPS) is 43.6. The van der Waals surface area contributed by atoms with Gasteiger partial charge in [-0.05, 0) is 63.5 Å². The summed E-state index contributed by atoms with van der Waals surface area (Å²) in [6.07, 6.45) is 1.89. The molecule has 0 aromatic rings. The molecule has 0 bridgehead atoms. The predicted molar refractivity (Wildman–Crippen MR) is 102 cm³/mol. The monoisotopic (exact) mass is 418 g/mol. The number of piperidine rings is 2. The molecule has 3 aliphatic heterocycles. The van der Waals surface area contributed by atoms with Crippen molar-refractivity contribution in [3.05, 3.63) is 0 Å². The van der Waals surface area contributed by atoms with Gasteiger partial charge in [0.2, 0.25) is 5.91 Å². The number of hydroxylamine groups is 1. The van der Waals surface area contributed by atoms with Crippen molar-refractivity contribution in [3.63, 3.8) is 0 Å². The summed E-state index contributed by atoms with van der Waals surface area (Å²) in [4.78, 5) is 18.7. The van der Waals surface area contributed by atoms with Crippen LogP contribution in [-0.4, -0.2) is 55.4 Å². The summed E-state index contributed by atoms with van der Waals surface area (Å²) in [5, 5.41) is 8.97. The van der Waals surface area contributed by atoms with E-state index in [1.165, 1.54) is 19.3 Å². The van der Waals surface area contributed by atoms with E-state index in [1.54, 1.807) is 0 Å². The molecule has 0 aromatic heterocycles. The molecule has 0 radical (unpaired) electrons. The third-order valence-corrected chi connectivity index (χ3v) is 7.46. The van der Waals surface area contributed by atoms with Gasteiger partial charge >= 0.3 is 6.18 Å². The van der Waals surface area contributed by atoms with Gasteiger partial charge in [0, 0.05) is 18.0 Å². The lowest BCUT2D eigenvalue weighted by molar-refractivity contribution is -0.162. The zero-order valence-corrected chi connectivity index (χ0v) is 16.9. The first kappa shape index (κ1) is 21.3. The Morgan fingerprint density at radius 1 is 1.03 bits per heavy atom. The molecule has 1 saturated carbocycles. The van der Waals surface area contributed by atoms with Crippen molar-refractivity contribution in [2.75, 3.05) is 13.1 Å². The Hall–Kier alpha value is -0.900. The maximum absolute atomic E-state index is 13.0. The molecule has 4 fully saturated rings. The van der Waals surface area contributed by atoms with E-state index in [2.05, 4.69) is 21.4 Å². The number of amides is 1. The minimum atomic E-state index is -4.29. The third kappa shape index (κ3) is 4.57. The molecule has 1 amide bonds. The van der Waals surface area contributed by atoms with Gasteiger partial charge in [0.1, 0.15) is 12.1 Å². The van der Waals surface area contributed by atoms with Gasteiger partial charge in [-0.2, -0.15) is 18.7 Å². The summed E-state index contributed by atoms with van der Waals surface area (Å²) < 4.78 is 39.0. The van der Waals surface area contributed by atoms with Gasteiger partial charge in [-0.25, -0.2) is 0 Å². The second kappa shape index (κ2) is 8.69. The van der Waals surface area contributed by atoms with Gasteiger partial charge in [0.25, 0.3) is 0 Å². The van der Waals surface area contributed by atoms with Crippen molar-refractivity contribution in [1.82, 2.24) is 21.4 Å². The quantitative estimate of drug-likeness (QED) is 0.563. The summed E-state index contributed by atoms with van der Waals surface area (Å²) in [5.41, 5.74) is 2.91. The van der Waals surface area contributed by atoms with Crippen LogP contribution in [0.1, 0.15) is 51.9 Å². The first-order valence-corrected chi connectivity index (χ1v) is 11.1. The van der Waals surface area contributed by atoms with Gasteiger partial charge in [0.15, 0.2) is 0 Å². The lowest BCUT2D eigenvalue weighted by Crippen LogP contribution is -2.56. The highest BCUT2D eigenvalue weighted by molar-refractivity contribution is 5.82. The van der Waals surface area contributed by atoms with E-state index in [0.717, 1.165) is 19.4 Å². The van der Waals surface area contributed by atoms with Crippen molar-refractivity contribution in [2.24, 2.45) is 17.8 Å². The van der Waals surface area contributed by atoms with Crippen LogP contribution in [0.5, 0.6) is 0 Å². The molecule has 9 heteroatoms. The van der Waals surface area contributed by atoms with Crippen LogP contribution in [0, 0.1) is 17.8 Å². The van der Waals surface area contributed by atoms with E-state index in [1.807, 2.05) is 6.92 Å². The van der Waals surface area contributed by atoms with E-state index in [-0.39, 0.29) is 30.9 Å². The average Bonchev–Trinajstić information content (AvgIpc) is 3.08. The number of hydrogen-bond donors (Lipinski definition) is 4. The molecular weight excluding hydrogens is 385 g/mol. The lowest BCUT2D eigenvalue weighted by Gasteiger charge is -2.44. The van der Waals surface area contributed by atoms with E-state index in [0.29, 0.717) is 24.3 Å². The van der Waals surface area contributed by atoms with Crippen molar-refractivity contribution < 1.29 is 22.8 Å². The zero-order valence-electron chi connectivity index (χ0n) is 16.9. The molecule has 1 aliphatic carbocycles. The van der Waals surface area contributed by atoms with Crippen molar-refractivity contribution in [2.45, 2.75) is 88.3 Å². The SMILES string of the molecule is CC1C(C(=O)NC2CCNC(C(F)(F)F)C2)NOC1C1CCCC2NCCCC21. The van der Waals surface area contributed by atoms with Crippen LogP contribution in [0.3, 0.4) is 0 Å². The van der Waals surface area contributed by atoms with Gasteiger partial charge in [0.05, 0.1) is 6.10 Å². The minimum Gasteiger partial charge on any atom is -0.352 e. The van der Waals surface area contributed by atoms with Crippen LogP contribution >= 0.6 is 0 Å². The van der Waals surface area contributed by atoms with Crippen LogP contribution in [0.15, 0.2) is 0 Å². The molecule has 4 N–H and O–H groups in total. The number of nitrogens with one attached hydrogen (secondary N) is 4. The molecule has 0 aromatic carbocycles. The van der Waals surface area contributed by atoms with Gasteiger partial charge in [-0.3, -0.25) is 9.63 Å². The molecule has 3 saturated heterocycles. The number of rotatable bonds is 3. The van der Waals surface area contributed by atoms with Crippen LogP contribution < -0.4 is 21.4 Å². The molecule has 4 aliphatic rings. The predicted octanol–water partition coefficient (Wildman–Crippen LogP) is 1.86. The number of carbonyl (C=O) groups is 1. The Morgan fingerprint density at radius 2 is 1.83 bits per heavy atom. The van der Waals surface area contributed by atoms with Crippen LogP contribution in [-0.2, 0) is 9.63 Å². The summed E-state index contributed by atoms with van der Waals surface area (Å²) in [7, 11) is 0. The molecular formula is C20H33F3N4O2. The van der Waals surface area contributed by atoms with E-state index in [4.69, 9.17) is 4.84 Å². The van der Waals surface area contributed by atoms with Gasteiger partial charge in [-0.1, -0.05) is 13.3 Å². The van der Waals surface area contributed by atoms with Crippen molar-refractivity contribution >= 4 is 5.91 Å². The van der Waals surface area contributed by atoms with Crippen molar-refractivity contribution in [1.29, 1.82) is 0 Å². The van der Waals surface area contributed by atoms with E-state index < -0.39 is 24.3 Å².